The molecule has 0 fully saturated rings. The van der Waals surface area contributed by atoms with Crippen molar-refractivity contribution in [1.82, 2.24) is 10.2 Å². The number of hydrogen-bond donors (Lipinski definition) is 1. The molecule has 0 aliphatic carbocycles. The molecule has 0 aliphatic rings. The molecule has 1 N–H and O–H groups in total. The molecule has 0 bridgehead atoms. The molecule has 10 heteroatoms. The van der Waals surface area contributed by atoms with Gasteiger partial charge in [0, 0.05) is 28.2 Å². The summed E-state index contributed by atoms with van der Waals surface area (Å²) >= 11 is 12.8. The van der Waals surface area contributed by atoms with Crippen molar-refractivity contribution in [2.24, 2.45) is 0 Å². The zero-order valence-corrected chi connectivity index (χ0v) is 24.8. The predicted octanol–water partition coefficient (Wildman–Crippen LogP) is 5.39. The van der Waals surface area contributed by atoms with Crippen LogP contribution in [0.4, 0.5) is 5.69 Å². The Kier molecular flexibility index (Phi) is 10.5. The number of nitrogens with one attached hydrogen (secondary N) is 1. The first-order chi connectivity index (χ1) is 17.1. The zero-order chi connectivity index (χ0) is 28.1. The molecule has 2 amide bonds. The molecule has 2 aromatic rings. The Morgan fingerprint density at radius 2 is 1.54 bits per heavy atom. The highest BCUT2D eigenvalue weighted by Crippen LogP contribution is 2.29. The van der Waals surface area contributed by atoms with Gasteiger partial charge in [0.2, 0.25) is 21.8 Å². The van der Waals surface area contributed by atoms with Crippen LogP contribution in [0.25, 0.3) is 0 Å². The van der Waals surface area contributed by atoms with E-state index in [1.165, 1.54) is 4.90 Å². The van der Waals surface area contributed by atoms with Crippen LogP contribution in [0.2, 0.25) is 10.0 Å². The van der Waals surface area contributed by atoms with E-state index in [-0.39, 0.29) is 23.9 Å². The number of carbonyl (C=O) groups excluding carboxylic acids is 2. The smallest absolute Gasteiger partial charge is 0.244 e. The van der Waals surface area contributed by atoms with E-state index >= 15 is 0 Å². The maximum Gasteiger partial charge on any atom is 0.244 e. The Hall–Kier alpha value is -2.29. The maximum absolute atomic E-state index is 13.8. The average molecular weight is 571 g/mol. The van der Waals surface area contributed by atoms with Crippen molar-refractivity contribution in [3.05, 3.63) is 63.6 Å². The topological polar surface area (TPSA) is 86.8 Å². The second-order valence-corrected chi connectivity index (χ2v) is 13.1. The van der Waals surface area contributed by atoms with E-state index < -0.39 is 28.5 Å². The van der Waals surface area contributed by atoms with Gasteiger partial charge in [-0.05, 0) is 55.5 Å². The number of benzene rings is 2. The molecule has 0 saturated carbocycles. The summed E-state index contributed by atoms with van der Waals surface area (Å²) in [7, 11) is -3.82. The lowest BCUT2D eigenvalue weighted by Gasteiger charge is -2.33. The summed E-state index contributed by atoms with van der Waals surface area (Å²) in [5.41, 5.74) is 1.75. The fraction of sp³-hybridized carbons (Fsp3) is 0.481. The summed E-state index contributed by atoms with van der Waals surface area (Å²) in [6.45, 7) is 11.1. The van der Waals surface area contributed by atoms with Gasteiger partial charge >= 0.3 is 0 Å². The molecule has 0 spiro atoms. The zero-order valence-electron chi connectivity index (χ0n) is 22.5. The third kappa shape index (κ3) is 8.35. The molecule has 37 heavy (non-hydrogen) atoms. The minimum atomic E-state index is -3.82. The normalized spacial score (nSPS) is 12.8. The lowest BCUT2D eigenvalue weighted by atomic mass is 9.87. The molecule has 0 aromatic heterocycles. The average Bonchev–Trinajstić information content (AvgIpc) is 2.77. The maximum atomic E-state index is 13.8. The van der Waals surface area contributed by atoms with Crippen LogP contribution in [0, 0.1) is 0 Å². The quantitative estimate of drug-likeness (QED) is 0.415. The molecule has 2 rings (SSSR count). The van der Waals surface area contributed by atoms with Crippen LogP contribution >= 0.6 is 23.2 Å². The summed E-state index contributed by atoms with van der Waals surface area (Å²) in [6, 6.07) is 11.1. The number of halogens is 2. The highest BCUT2D eigenvalue weighted by Gasteiger charge is 2.33. The minimum Gasteiger partial charge on any atom is -0.352 e. The molecule has 204 valence electrons. The third-order valence-corrected chi connectivity index (χ3v) is 7.76. The standard InChI is InChI=1S/C27H37Cl2N3O4S/c1-8-24(26(34)30-18(2)3)31(16-21-22(28)10-9-11-23(21)29)25(33)17-32(37(7,35)36)20-14-12-19(13-15-20)27(4,5)6/h9-15,18,24H,8,16-17H2,1-7H3,(H,30,34)/t24-/m1/s1. The molecule has 7 nitrogen and oxygen atoms in total. The van der Waals surface area contributed by atoms with Crippen LogP contribution in [-0.2, 0) is 31.6 Å². The molecule has 0 unspecified atom stereocenters. The van der Waals surface area contributed by atoms with Crippen molar-refractivity contribution >= 4 is 50.7 Å². The Morgan fingerprint density at radius 1 is 1.00 bits per heavy atom. The molecular weight excluding hydrogens is 533 g/mol. The van der Waals surface area contributed by atoms with Crippen molar-refractivity contribution in [1.29, 1.82) is 0 Å². The molecule has 1 atom stereocenters. The van der Waals surface area contributed by atoms with Gasteiger partial charge in [0.05, 0.1) is 11.9 Å². The van der Waals surface area contributed by atoms with E-state index in [9.17, 15) is 18.0 Å². The number of rotatable bonds is 10. The van der Waals surface area contributed by atoms with E-state index in [1.54, 1.807) is 37.3 Å². The number of carbonyl (C=O) groups is 2. The molecule has 0 saturated heterocycles. The Morgan fingerprint density at radius 3 is 1.97 bits per heavy atom. The van der Waals surface area contributed by atoms with Crippen molar-refractivity contribution in [2.45, 2.75) is 72.0 Å². The summed E-state index contributed by atoms with van der Waals surface area (Å²) in [6.07, 6.45) is 1.36. The van der Waals surface area contributed by atoms with E-state index in [0.717, 1.165) is 16.1 Å². The van der Waals surface area contributed by atoms with E-state index in [1.807, 2.05) is 26.0 Å². The van der Waals surface area contributed by atoms with Crippen LogP contribution < -0.4 is 9.62 Å². The third-order valence-electron chi connectivity index (χ3n) is 5.91. The molecule has 0 aliphatic heterocycles. The fourth-order valence-electron chi connectivity index (χ4n) is 3.90. The van der Waals surface area contributed by atoms with Crippen molar-refractivity contribution in [3.8, 4) is 0 Å². The SMILES string of the molecule is CC[C@H](C(=O)NC(C)C)N(Cc1c(Cl)cccc1Cl)C(=O)CN(c1ccc(C(C)(C)C)cc1)S(C)(=O)=O. The van der Waals surface area contributed by atoms with Gasteiger partial charge in [-0.25, -0.2) is 8.42 Å². The molecular formula is C27H37Cl2N3O4S. The summed E-state index contributed by atoms with van der Waals surface area (Å²) in [5.74, 6) is -0.887. The summed E-state index contributed by atoms with van der Waals surface area (Å²) in [4.78, 5) is 28.2. The van der Waals surface area contributed by atoms with E-state index in [0.29, 0.717) is 27.7 Å². The first kappa shape index (κ1) is 30.9. The van der Waals surface area contributed by atoms with Crippen LogP contribution in [0.15, 0.2) is 42.5 Å². The van der Waals surface area contributed by atoms with Crippen LogP contribution in [0.1, 0.15) is 59.1 Å². The van der Waals surface area contributed by atoms with Gasteiger partial charge in [-0.1, -0.05) is 69.1 Å². The summed E-state index contributed by atoms with van der Waals surface area (Å²) in [5, 5.41) is 3.55. The van der Waals surface area contributed by atoms with Gasteiger partial charge in [-0.3, -0.25) is 13.9 Å². The van der Waals surface area contributed by atoms with Crippen LogP contribution in [0.5, 0.6) is 0 Å². The second-order valence-electron chi connectivity index (χ2n) is 10.4. The number of nitrogens with zero attached hydrogens (tertiary/aromatic N) is 2. The van der Waals surface area contributed by atoms with Gasteiger partial charge in [0.15, 0.2) is 0 Å². The number of sulfonamides is 1. The molecule has 0 radical (unpaired) electrons. The number of amides is 2. The highest BCUT2D eigenvalue weighted by molar-refractivity contribution is 7.92. The first-order valence-electron chi connectivity index (χ1n) is 12.2. The molecule has 2 aromatic carbocycles. The van der Waals surface area contributed by atoms with E-state index in [4.69, 9.17) is 23.2 Å². The van der Waals surface area contributed by atoms with Crippen molar-refractivity contribution < 1.29 is 18.0 Å². The first-order valence-corrected chi connectivity index (χ1v) is 14.8. The Bertz CT molecular complexity index is 1190. The monoisotopic (exact) mass is 569 g/mol. The van der Waals surface area contributed by atoms with Crippen LogP contribution in [0.3, 0.4) is 0 Å². The largest absolute Gasteiger partial charge is 0.352 e. The van der Waals surface area contributed by atoms with Gasteiger partial charge < -0.3 is 10.2 Å². The lowest BCUT2D eigenvalue weighted by molar-refractivity contribution is -0.140. The van der Waals surface area contributed by atoms with E-state index in [2.05, 4.69) is 26.1 Å². The van der Waals surface area contributed by atoms with Crippen molar-refractivity contribution in [2.75, 3.05) is 17.1 Å². The van der Waals surface area contributed by atoms with Crippen molar-refractivity contribution in [3.63, 3.8) is 0 Å². The predicted molar refractivity (Wildman–Crippen MR) is 152 cm³/mol. The molecule has 0 heterocycles. The van der Waals surface area contributed by atoms with Crippen LogP contribution in [-0.4, -0.2) is 50.0 Å². The lowest BCUT2D eigenvalue weighted by Crippen LogP contribution is -2.53. The summed E-state index contributed by atoms with van der Waals surface area (Å²) < 4.78 is 26.6. The van der Waals surface area contributed by atoms with Gasteiger partial charge in [-0.2, -0.15) is 0 Å². The highest BCUT2D eigenvalue weighted by atomic mass is 35.5. The minimum absolute atomic E-state index is 0.0536. The van der Waals surface area contributed by atoms with Gasteiger partial charge in [-0.15, -0.1) is 0 Å². The van der Waals surface area contributed by atoms with Gasteiger partial charge in [0.1, 0.15) is 12.6 Å². The number of anilines is 1. The Balaban J connectivity index is 2.51. The second kappa shape index (κ2) is 12.5. The van der Waals surface area contributed by atoms with Gasteiger partial charge in [0.25, 0.3) is 0 Å². The fourth-order valence-corrected chi connectivity index (χ4v) is 5.26. The Labute approximate surface area is 231 Å². The number of hydrogen-bond acceptors (Lipinski definition) is 4.